The highest BCUT2D eigenvalue weighted by molar-refractivity contribution is 6.10. The highest BCUT2D eigenvalue weighted by Crippen LogP contribution is 2.33. The van der Waals surface area contributed by atoms with Crippen LogP contribution in [-0.4, -0.2) is 56.4 Å². The van der Waals surface area contributed by atoms with Crippen LogP contribution in [-0.2, 0) is 33.4 Å². The minimum Gasteiger partial charge on any atom is -0.468 e. The van der Waals surface area contributed by atoms with Crippen LogP contribution < -0.4 is 5.32 Å². The first-order valence-electron chi connectivity index (χ1n) is 8.02. The number of methoxy groups -OCH3 is 2. The number of amides is 1. The maximum Gasteiger partial charge on any atom is 0.336 e. The zero-order valence-corrected chi connectivity index (χ0v) is 15.7. The lowest BCUT2D eigenvalue weighted by molar-refractivity contribution is -0.158. The number of nitrogens with zero attached hydrogens (tertiary/aromatic N) is 1. The van der Waals surface area contributed by atoms with E-state index in [1.807, 2.05) is 0 Å². The summed E-state index contributed by atoms with van der Waals surface area (Å²) in [5.74, 6) is -5.40. The van der Waals surface area contributed by atoms with E-state index in [1.165, 1.54) is 6.92 Å². The van der Waals surface area contributed by atoms with E-state index in [-0.39, 0.29) is 17.3 Å². The van der Waals surface area contributed by atoms with E-state index in [0.717, 1.165) is 14.2 Å². The number of carbonyl (C=O) groups excluding carboxylic acids is 4. The maximum atomic E-state index is 12.6. The van der Waals surface area contributed by atoms with Gasteiger partial charge in [0.2, 0.25) is 0 Å². The van der Waals surface area contributed by atoms with Gasteiger partial charge in [-0.1, -0.05) is 0 Å². The molecular weight excluding hydrogens is 344 g/mol. The molecule has 0 bridgehead atoms. The molecule has 1 N–H and O–H groups in total. The molecule has 0 aliphatic carbocycles. The Balaban J connectivity index is 3.18. The molecule has 1 aliphatic rings. The number of carbonyl (C=O) groups is 4. The fourth-order valence-corrected chi connectivity index (χ4v) is 2.69. The van der Waals surface area contributed by atoms with Gasteiger partial charge in [-0.2, -0.15) is 0 Å². The first kappa shape index (κ1) is 21.3. The molecule has 0 aromatic carbocycles. The third-order valence-electron chi connectivity index (χ3n) is 3.74. The van der Waals surface area contributed by atoms with Gasteiger partial charge in [0, 0.05) is 17.5 Å². The van der Waals surface area contributed by atoms with Crippen molar-refractivity contribution < 1.29 is 33.4 Å². The molecule has 0 aromatic rings. The van der Waals surface area contributed by atoms with Gasteiger partial charge < -0.3 is 19.5 Å². The van der Waals surface area contributed by atoms with Crippen molar-refractivity contribution >= 4 is 29.5 Å². The number of ether oxygens (including phenoxy) is 3. The Morgan fingerprint density at radius 3 is 2.15 bits per heavy atom. The summed E-state index contributed by atoms with van der Waals surface area (Å²) in [4.78, 5) is 52.8. The second-order valence-corrected chi connectivity index (χ2v) is 6.05. The molecule has 1 heterocycles. The van der Waals surface area contributed by atoms with Gasteiger partial charge in [0.05, 0.1) is 19.8 Å². The van der Waals surface area contributed by atoms with Crippen molar-refractivity contribution in [1.82, 2.24) is 5.32 Å². The number of nitrogens with one attached hydrogen (secondary N) is 1. The molecule has 9 heteroatoms. The predicted octanol–water partition coefficient (Wildman–Crippen LogP) is 0.381. The molecule has 1 amide bonds. The summed E-state index contributed by atoms with van der Waals surface area (Å²) in [6, 6.07) is -0.124. The topological polar surface area (TPSA) is 120 Å². The highest BCUT2D eigenvalue weighted by atomic mass is 16.5. The number of esters is 3. The van der Waals surface area contributed by atoms with E-state index in [2.05, 4.69) is 10.3 Å². The molecule has 1 aliphatic heterocycles. The zero-order chi connectivity index (χ0) is 20.0. The van der Waals surface area contributed by atoms with Crippen molar-refractivity contribution in [3.05, 3.63) is 11.3 Å². The highest BCUT2D eigenvalue weighted by Gasteiger charge is 2.46. The molecule has 0 saturated carbocycles. The Morgan fingerprint density at radius 1 is 1.04 bits per heavy atom. The minimum absolute atomic E-state index is 0.0947. The van der Waals surface area contributed by atoms with Crippen molar-refractivity contribution in [2.24, 2.45) is 16.8 Å². The fourth-order valence-electron chi connectivity index (χ4n) is 2.69. The Hall–Kier alpha value is -2.71. The van der Waals surface area contributed by atoms with E-state index in [9.17, 15) is 19.2 Å². The van der Waals surface area contributed by atoms with Gasteiger partial charge in [0.15, 0.2) is 6.61 Å². The van der Waals surface area contributed by atoms with Crippen LogP contribution in [0.25, 0.3) is 0 Å². The summed E-state index contributed by atoms with van der Waals surface area (Å²) < 4.78 is 14.5. The molecule has 0 radical (unpaired) electrons. The third-order valence-corrected chi connectivity index (χ3v) is 3.74. The minimum atomic E-state index is -1.31. The SMILES string of the molecule is COC(=O)C1=C(C)N=C(C)C(C(=O)OC)[C@@H]1C(=O)OCC(=O)NC(C)C. The second kappa shape index (κ2) is 9.12. The number of hydrogen-bond acceptors (Lipinski definition) is 8. The lowest BCUT2D eigenvalue weighted by Crippen LogP contribution is -2.43. The van der Waals surface area contributed by atoms with Gasteiger partial charge >= 0.3 is 17.9 Å². The third kappa shape index (κ3) is 4.90. The van der Waals surface area contributed by atoms with E-state index < -0.39 is 42.3 Å². The Labute approximate surface area is 151 Å². The van der Waals surface area contributed by atoms with Gasteiger partial charge in [-0.15, -0.1) is 0 Å². The number of aliphatic imine (C=N–C) groups is 1. The molecule has 1 rings (SSSR count). The number of allylic oxidation sites excluding steroid dienone is 1. The van der Waals surface area contributed by atoms with E-state index >= 15 is 0 Å². The van der Waals surface area contributed by atoms with Gasteiger partial charge in [0.25, 0.3) is 5.91 Å². The zero-order valence-electron chi connectivity index (χ0n) is 15.7. The van der Waals surface area contributed by atoms with E-state index in [4.69, 9.17) is 14.2 Å². The second-order valence-electron chi connectivity index (χ2n) is 6.05. The standard InChI is InChI=1S/C17H24N2O7/c1-8(2)18-11(20)7-26-17(23)14-12(15(21)24-5)9(3)19-10(4)13(14)16(22)25-6/h8,12,14H,7H2,1-6H3,(H,18,20)/t12?,14-/m0/s1. The van der Waals surface area contributed by atoms with Crippen LogP contribution >= 0.6 is 0 Å². The van der Waals surface area contributed by atoms with E-state index in [0.29, 0.717) is 5.71 Å². The summed E-state index contributed by atoms with van der Waals surface area (Å²) >= 11 is 0. The Morgan fingerprint density at radius 2 is 1.65 bits per heavy atom. The van der Waals surface area contributed by atoms with Crippen LogP contribution in [0.15, 0.2) is 16.3 Å². The van der Waals surface area contributed by atoms with Crippen LogP contribution in [0.5, 0.6) is 0 Å². The number of rotatable bonds is 6. The van der Waals surface area contributed by atoms with Crippen molar-refractivity contribution in [2.75, 3.05) is 20.8 Å². The van der Waals surface area contributed by atoms with E-state index in [1.54, 1.807) is 20.8 Å². The first-order chi connectivity index (χ1) is 12.1. The average molecular weight is 368 g/mol. The molecule has 0 saturated heterocycles. The molecule has 1 unspecified atom stereocenters. The average Bonchev–Trinajstić information content (AvgIpc) is 2.57. The van der Waals surface area contributed by atoms with Crippen molar-refractivity contribution in [2.45, 2.75) is 33.7 Å². The normalized spacial score (nSPS) is 19.6. The van der Waals surface area contributed by atoms with Crippen LogP contribution in [0.2, 0.25) is 0 Å². The molecule has 2 atom stereocenters. The summed E-state index contributed by atoms with van der Waals surface area (Å²) in [6.45, 7) is 6.05. The number of hydrogen-bond donors (Lipinski definition) is 1. The van der Waals surface area contributed by atoms with Crippen LogP contribution in [0.1, 0.15) is 27.7 Å². The van der Waals surface area contributed by atoms with Crippen LogP contribution in [0.3, 0.4) is 0 Å². The molecule has 0 aromatic heterocycles. The molecule has 26 heavy (non-hydrogen) atoms. The molecular formula is C17H24N2O7. The van der Waals surface area contributed by atoms with Crippen molar-refractivity contribution in [1.29, 1.82) is 0 Å². The van der Waals surface area contributed by atoms with Crippen LogP contribution in [0.4, 0.5) is 0 Å². The summed E-state index contributed by atoms with van der Waals surface area (Å²) in [5.41, 5.74) is 0.446. The van der Waals surface area contributed by atoms with Gasteiger partial charge in [-0.25, -0.2) is 4.79 Å². The Kier molecular flexibility index (Phi) is 7.48. The maximum absolute atomic E-state index is 12.6. The molecule has 0 fully saturated rings. The van der Waals surface area contributed by atoms with Crippen LogP contribution in [0, 0.1) is 11.8 Å². The predicted molar refractivity (Wildman–Crippen MR) is 91.1 cm³/mol. The summed E-state index contributed by atoms with van der Waals surface area (Å²) in [5, 5.41) is 2.57. The fraction of sp³-hybridized carbons (Fsp3) is 0.588. The lowest BCUT2D eigenvalue weighted by atomic mass is 9.80. The monoisotopic (exact) mass is 368 g/mol. The first-order valence-corrected chi connectivity index (χ1v) is 8.02. The summed E-state index contributed by atoms with van der Waals surface area (Å²) in [7, 11) is 2.32. The summed E-state index contributed by atoms with van der Waals surface area (Å²) in [6.07, 6.45) is 0. The molecule has 9 nitrogen and oxygen atoms in total. The Bertz CT molecular complexity index is 664. The van der Waals surface area contributed by atoms with Gasteiger partial charge in [0.1, 0.15) is 11.8 Å². The molecule has 144 valence electrons. The van der Waals surface area contributed by atoms with Crippen molar-refractivity contribution in [3.63, 3.8) is 0 Å². The largest absolute Gasteiger partial charge is 0.468 e. The van der Waals surface area contributed by atoms with Gasteiger partial charge in [-0.3, -0.25) is 19.4 Å². The quantitative estimate of drug-likeness (QED) is 0.531. The van der Waals surface area contributed by atoms with Gasteiger partial charge in [-0.05, 0) is 27.7 Å². The lowest BCUT2D eigenvalue weighted by Gasteiger charge is -2.29. The smallest absolute Gasteiger partial charge is 0.336 e. The van der Waals surface area contributed by atoms with Crippen molar-refractivity contribution in [3.8, 4) is 0 Å². The molecule has 0 spiro atoms.